The van der Waals surface area contributed by atoms with E-state index in [0.29, 0.717) is 16.4 Å². The molecule has 154 valence electrons. The molecule has 5 rings (SSSR count). The van der Waals surface area contributed by atoms with Crippen molar-refractivity contribution in [2.45, 2.75) is 5.92 Å². The lowest BCUT2D eigenvalue weighted by Gasteiger charge is -2.14. The molecular formula is C23H17N3O4S. The fraction of sp³-hybridized carbons (Fsp3) is 0.0870. The Hall–Kier alpha value is -3.91. The zero-order chi connectivity index (χ0) is 21.4. The number of thiazole rings is 1. The standard InChI is InChI=1S/C23H17N3O4S/c27-21(28)19-9-13(10-24-19)20-12-31-22(25-20)26-23(29)30-11-18-16-7-3-1-5-14(16)15-6-2-4-8-17(15)18/h1-10,12,18,24H,11H2,(H,27,28)(H,25,26,29). The van der Waals surface area contributed by atoms with Gasteiger partial charge in [0.05, 0.1) is 5.69 Å². The number of hydrogen-bond acceptors (Lipinski definition) is 5. The monoisotopic (exact) mass is 431 g/mol. The molecule has 0 unspecified atom stereocenters. The van der Waals surface area contributed by atoms with E-state index >= 15 is 0 Å². The average molecular weight is 431 g/mol. The molecule has 0 saturated carbocycles. The Bertz CT molecular complexity index is 1250. The van der Waals surface area contributed by atoms with E-state index in [-0.39, 0.29) is 18.2 Å². The number of anilines is 1. The number of nitrogens with one attached hydrogen (secondary N) is 2. The van der Waals surface area contributed by atoms with Crippen molar-refractivity contribution in [2.75, 3.05) is 11.9 Å². The van der Waals surface area contributed by atoms with Crippen LogP contribution in [0.2, 0.25) is 0 Å². The first-order valence-corrected chi connectivity index (χ1v) is 10.5. The van der Waals surface area contributed by atoms with E-state index in [2.05, 4.69) is 39.6 Å². The molecule has 0 spiro atoms. The maximum Gasteiger partial charge on any atom is 0.413 e. The van der Waals surface area contributed by atoms with Crippen molar-refractivity contribution in [3.8, 4) is 22.4 Å². The fourth-order valence-corrected chi connectivity index (χ4v) is 4.56. The number of aromatic amines is 1. The minimum atomic E-state index is -1.04. The second-order valence-electron chi connectivity index (χ2n) is 7.10. The number of carbonyl (C=O) groups is 2. The molecular weight excluding hydrogens is 414 g/mol. The van der Waals surface area contributed by atoms with Crippen molar-refractivity contribution in [3.05, 3.63) is 83.0 Å². The molecule has 3 N–H and O–H groups in total. The molecule has 0 saturated heterocycles. The summed E-state index contributed by atoms with van der Waals surface area (Å²) >= 11 is 1.24. The molecule has 0 atom stereocenters. The molecule has 1 aliphatic carbocycles. The topological polar surface area (TPSA) is 104 Å². The van der Waals surface area contributed by atoms with Crippen LogP contribution in [0.15, 0.2) is 66.2 Å². The van der Waals surface area contributed by atoms with E-state index in [1.165, 1.54) is 28.5 Å². The highest BCUT2D eigenvalue weighted by Crippen LogP contribution is 2.44. The summed E-state index contributed by atoms with van der Waals surface area (Å²) in [6.45, 7) is 0.220. The first kappa shape index (κ1) is 19.1. The highest BCUT2D eigenvalue weighted by molar-refractivity contribution is 7.14. The molecule has 1 aliphatic rings. The van der Waals surface area contributed by atoms with E-state index < -0.39 is 12.1 Å². The molecule has 0 fully saturated rings. The van der Waals surface area contributed by atoms with Crippen LogP contribution in [0.5, 0.6) is 0 Å². The number of carboxylic acids is 1. The van der Waals surface area contributed by atoms with Crippen LogP contribution in [-0.2, 0) is 4.74 Å². The Morgan fingerprint density at radius 2 is 1.77 bits per heavy atom. The van der Waals surface area contributed by atoms with Crippen LogP contribution in [-0.4, -0.2) is 33.7 Å². The van der Waals surface area contributed by atoms with Crippen LogP contribution >= 0.6 is 11.3 Å². The summed E-state index contributed by atoms with van der Waals surface area (Å²) < 4.78 is 5.53. The van der Waals surface area contributed by atoms with Gasteiger partial charge < -0.3 is 14.8 Å². The molecule has 2 aromatic heterocycles. The van der Waals surface area contributed by atoms with Crippen molar-refractivity contribution in [1.82, 2.24) is 9.97 Å². The predicted molar refractivity (Wildman–Crippen MR) is 118 cm³/mol. The Balaban J connectivity index is 1.26. The normalized spacial score (nSPS) is 12.3. The second-order valence-corrected chi connectivity index (χ2v) is 7.95. The van der Waals surface area contributed by atoms with Gasteiger partial charge in [0.1, 0.15) is 12.3 Å². The van der Waals surface area contributed by atoms with E-state index in [1.54, 1.807) is 11.6 Å². The zero-order valence-corrected chi connectivity index (χ0v) is 17.0. The first-order chi connectivity index (χ1) is 15.1. The van der Waals surface area contributed by atoms with Crippen molar-refractivity contribution < 1.29 is 19.4 Å². The van der Waals surface area contributed by atoms with Crippen LogP contribution in [0.4, 0.5) is 9.93 Å². The minimum absolute atomic E-state index is 0.0145. The average Bonchev–Trinajstić information content (AvgIpc) is 3.50. The van der Waals surface area contributed by atoms with Gasteiger partial charge in [0.25, 0.3) is 0 Å². The number of amides is 1. The summed E-state index contributed by atoms with van der Waals surface area (Å²) in [6, 6.07) is 17.8. The van der Waals surface area contributed by atoms with Crippen LogP contribution in [0.1, 0.15) is 27.5 Å². The highest BCUT2D eigenvalue weighted by Gasteiger charge is 2.29. The van der Waals surface area contributed by atoms with Gasteiger partial charge in [0.15, 0.2) is 5.13 Å². The predicted octanol–water partition coefficient (Wildman–Crippen LogP) is 5.20. The van der Waals surface area contributed by atoms with Crippen molar-refractivity contribution in [3.63, 3.8) is 0 Å². The number of benzene rings is 2. The third kappa shape index (κ3) is 3.57. The number of aromatic nitrogens is 2. The van der Waals surface area contributed by atoms with Gasteiger partial charge in [0, 0.05) is 23.1 Å². The maximum atomic E-state index is 12.4. The Morgan fingerprint density at radius 3 is 2.42 bits per heavy atom. The number of fused-ring (bicyclic) bond motifs is 3. The Morgan fingerprint density at radius 1 is 1.10 bits per heavy atom. The lowest BCUT2D eigenvalue weighted by atomic mass is 9.98. The smallest absolute Gasteiger partial charge is 0.413 e. The van der Waals surface area contributed by atoms with Crippen molar-refractivity contribution in [2.24, 2.45) is 0 Å². The highest BCUT2D eigenvalue weighted by atomic mass is 32.1. The Kier molecular flexibility index (Phi) is 4.76. The van der Waals surface area contributed by atoms with Crippen molar-refractivity contribution in [1.29, 1.82) is 0 Å². The number of H-pyrrole nitrogens is 1. The van der Waals surface area contributed by atoms with Gasteiger partial charge in [-0.25, -0.2) is 14.6 Å². The molecule has 2 heterocycles. The van der Waals surface area contributed by atoms with Crippen LogP contribution in [0.3, 0.4) is 0 Å². The first-order valence-electron chi connectivity index (χ1n) is 9.60. The number of carbonyl (C=O) groups excluding carboxylic acids is 1. The van der Waals surface area contributed by atoms with Gasteiger partial charge in [0.2, 0.25) is 0 Å². The van der Waals surface area contributed by atoms with Crippen molar-refractivity contribution >= 4 is 28.5 Å². The second kappa shape index (κ2) is 7.73. The number of rotatable bonds is 5. The van der Waals surface area contributed by atoms with Gasteiger partial charge in [-0.15, -0.1) is 11.3 Å². The number of ether oxygens (including phenoxy) is 1. The minimum Gasteiger partial charge on any atom is -0.477 e. The molecule has 0 aliphatic heterocycles. The van der Waals surface area contributed by atoms with Crippen LogP contribution in [0, 0.1) is 0 Å². The van der Waals surface area contributed by atoms with Gasteiger partial charge >= 0.3 is 12.1 Å². The summed E-state index contributed by atoms with van der Waals surface area (Å²) in [4.78, 5) is 30.4. The summed E-state index contributed by atoms with van der Waals surface area (Å²) in [5.74, 6) is -1.06. The van der Waals surface area contributed by atoms with E-state index in [4.69, 9.17) is 9.84 Å². The lowest BCUT2D eigenvalue weighted by Crippen LogP contribution is -2.17. The Labute approximate surface area is 181 Å². The van der Waals surface area contributed by atoms with E-state index in [0.717, 1.165) is 11.1 Å². The van der Waals surface area contributed by atoms with Crippen LogP contribution in [0.25, 0.3) is 22.4 Å². The zero-order valence-electron chi connectivity index (χ0n) is 16.2. The number of aromatic carboxylic acids is 1. The third-order valence-electron chi connectivity index (χ3n) is 5.27. The summed E-state index contributed by atoms with van der Waals surface area (Å²) in [7, 11) is 0. The number of hydrogen-bond donors (Lipinski definition) is 3. The number of nitrogens with zero attached hydrogens (tertiary/aromatic N) is 1. The summed E-state index contributed by atoms with van der Waals surface area (Å²) in [5.41, 5.74) is 5.92. The van der Waals surface area contributed by atoms with Gasteiger partial charge in [-0.3, -0.25) is 5.32 Å². The van der Waals surface area contributed by atoms with Gasteiger partial charge in [-0.05, 0) is 28.3 Å². The van der Waals surface area contributed by atoms with Gasteiger partial charge in [-0.2, -0.15) is 0 Å². The van der Waals surface area contributed by atoms with E-state index in [1.807, 2.05) is 24.3 Å². The number of carboxylic acid groups (broad SMARTS) is 1. The molecule has 8 heteroatoms. The van der Waals surface area contributed by atoms with Gasteiger partial charge in [-0.1, -0.05) is 48.5 Å². The molecule has 31 heavy (non-hydrogen) atoms. The maximum absolute atomic E-state index is 12.4. The fourth-order valence-electron chi connectivity index (χ4n) is 3.85. The summed E-state index contributed by atoms with van der Waals surface area (Å²) in [5, 5.41) is 13.8. The largest absolute Gasteiger partial charge is 0.477 e. The molecule has 0 radical (unpaired) electrons. The summed E-state index contributed by atoms with van der Waals surface area (Å²) in [6.07, 6.45) is 0.985. The lowest BCUT2D eigenvalue weighted by molar-refractivity contribution is 0.0691. The van der Waals surface area contributed by atoms with Crippen LogP contribution < -0.4 is 5.32 Å². The molecule has 1 amide bonds. The molecule has 0 bridgehead atoms. The molecule has 2 aromatic carbocycles. The molecule has 7 nitrogen and oxygen atoms in total. The van der Waals surface area contributed by atoms with E-state index in [9.17, 15) is 9.59 Å². The SMILES string of the molecule is O=C(Nc1nc(-c2c[nH]c(C(=O)O)c2)cs1)OCC1c2ccccc2-c2ccccc21. The third-order valence-corrected chi connectivity index (χ3v) is 6.02. The quantitative estimate of drug-likeness (QED) is 0.403. The molecule has 4 aromatic rings.